The predicted octanol–water partition coefficient (Wildman–Crippen LogP) is 11.5. The van der Waals surface area contributed by atoms with Gasteiger partial charge in [0, 0.05) is 0 Å². The molecule has 0 radical (unpaired) electrons. The van der Waals surface area contributed by atoms with Crippen molar-refractivity contribution in [3.63, 3.8) is 0 Å². The molecule has 2 aromatic carbocycles. The summed E-state index contributed by atoms with van der Waals surface area (Å²) in [7, 11) is 0. The molecule has 3 rings (SSSR count). The maximum Gasteiger partial charge on any atom is -0.0162 e. The van der Waals surface area contributed by atoms with E-state index < -0.39 is 0 Å². The van der Waals surface area contributed by atoms with Gasteiger partial charge in [-0.2, -0.15) is 0 Å². The highest BCUT2D eigenvalue weighted by atomic mass is 14.3. The van der Waals surface area contributed by atoms with Gasteiger partial charge in [-0.1, -0.05) is 146 Å². The maximum absolute atomic E-state index is 2.41. The minimum absolute atomic E-state index is 0.783. The van der Waals surface area contributed by atoms with Gasteiger partial charge in [0.2, 0.25) is 0 Å². The second-order valence-corrected chi connectivity index (χ2v) is 11.8. The lowest BCUT2D eigenvalue weighted by Gasteiger charge is -2.29. The van der Waals surface area contributed by atoms with Crippen molar-refractivity contribution < 1.29 is 0 Å². The molecule has 0 aliphatic heterocycles. The summed E-state index contributed by atoms with van der Waals surface area (Å²) in [5, 5.41) is 0. The molecule has 0 aromatic heterocycles. The van der Waals surface area contributed by atoms with Crippen molar-refractivity contribution in [3.8, 4) is 11.1 Å². The first kappa shape index (κ1) is 28.0. The first-order chi connectivity index (χ1) is 17.2. The van der Waals surface area contributed by atoms with Gasteiger partial charge >= 0.3 is 0 Å². The molecule has 0 heteroatoms. The molecule has 194 valence electrons. The second-order valence-electron chi connectivity index (χ2n) is 11.8. The van der Waals surface area contributed by atoms with Crippen molar-refractivity contribution in [1.82, 2.24) is 0 Å². The Balaban J connectivity index is 1.34. The Bertz CT molecular complexity index is 776. The Kier molecular flexibility index (Phi) is 13.0. The molecule has 1 saturated carbocycles. The van der Waals surface area contributed by atoms with Crippen molar-refractivity contribution in [2.75, 3.05) is 0 Å². The summed E-state index contributed by atoms with van der Waals surface area (Å²) in [6, 6.07) is 18.9. The molecule has 0 nitrogen and oxygen atoms in total. The topological polar surface area (TPSA) is 0 Å². The summed E-state index contributed by atoms with van der Waals surface area (Å²) < 4.78 is 0. The SMILES string of the molecule is CCCCCCCCCCCC1CCC(c2ccc(-c3ccc(CC(C)CCC)cc3)cc2)CC1. The zero-order chi connectivity index (χ0) is 24.7. The van der Waals surface area contributed by atoms with Gasteiger partial charge < -0.3 is 0 Å². The highest BCUT2D eigenvalue weighted by Crippen LogP contribution is 2.38. The molecule has 0 saturated heterocycles. The lowest BCUT2D eigenvalue weighted by Crippen LogP contribution is -2.13. The molecule has 0 bridgehead atoms. The summed E-state index contributed by atoms with van der Waals surface area (Å²) >= 11 is 0. The molecule has 2 aromatic rings. The Morgan fingerprint density at radius 1 is 0.629 bits per heavy atom. The third-order valence-electron chi connectivity index (χ3n) is 8.60. The second kappa shape index (κ2) is 16.2. The van der Waals surface area contributed by atoms with Crippen molar-refractivity contribution in [3.05, 3.63) is 59.7 Å². The highest BCUT2D eigenvalue weighted by Gasteiger charge is 2.22. The van der Waals surface area contributed by atoms with E-state index in [9.17, 15) is 0 Å². The molecule has 1 aliphatic rings. The van der Waals surface area contributed by atoms with E-state index in [1.807, 2.05) is 0 Å². The molecule has 1 aliphatic carbocycles. The summed E-state index contributed by atoms with van der Waals surface area (Å²) in [4.78, 5) is 0. The average Bonchev–Trinajstić information content (AvgIpc) is 2.89. The van der Waals surface area contributed by atoms with Gasteiger partial charge in [-0.15, -0.1) is 0 Å². The summed E-state index contributed by atoms with van der Waals surface area (Å²) in [6.45, 7) is 6.97. The molecule has 35 heavy (non-hydrogen) atoms. The van der Waals surface area contributed by atoms with Gasteiger partial charge in [0.25, 0.3) is 0 Å². The Hall–Kier alpha value is -1.56. The standard InChI is InChI=1S/C35H54/c1-4-6-7-8-9-10-11-12-13-15-30-16-20-32(21-17-30)34-24-26-35(27-25-34)33-22-18-31(19-23-33)28-29(3)14-5-2/h18-19,22-27,29-30,32H,4-17,20-21,28H2,1-3H3. The predicted molar refractivity (Wildman–Crippen MR) is 156 cm³/mol. The van der Waals surface area contributed by atoms with Crippen LogP contribution in [0.4, 0.5) is 0 Å². The normalized spacial score (nSPS) is 19.1. The van der Waals surface area contributed by atoms with Crippen molar-refractivity contribution >= 4 is 0 Å². The average molecular weight is 475 g/mol. The Labute approximate surface area is 218 Å². The minimum Gasteiger partial charge on any atom is -0.0654 e. The number of hydrogen-bond acceptors (Lipinski definition) is 0. The molecule has 1 fully saturated rings. The lowest BCUT2D eigenvalue weighted by atomic mass is 9.77. The van der Waals surface area contributed by atoms with Crippen LogP contribution in [0.3, 0.4) is 0 Å². The number of rotatable bonds is 16. The molecule has 1 atom stereocenters. The maximum atomic E-state index is 2.41. The van der Waals surface area contributed by atoms with E-state index in [-0.39, 0.29) is 0 Å². The zero-order valence-electron chi connectivity index (χ0n) is 23.4. The van der Waals surface area contributed by atoms with Crippen LogP contribution < -0.4 is 0 Å². The molecule has 0 heterocycles. The molecule has 0 spiro atoms. The molecular weight excluding hydrogens is 420 g/mol. The minimum atomic E-state index is 0.783. The number of unbranched alkanes of at least 4 members (excludes halogenated alkanes) is 8. The van der Waals surface area contributed by atoms with Crippen LogP contribution in [-0.4, -0.2) is 0 Å². The largest absolute Gasteiger partial charge is 0.0654 e. The van der Waals surface area contributed by atoms with Crippen LogP contribution in [-0.2, 0) is 6.42 Å². The van der Waals surface area contributed by atoms with Gasteiger partial charge in [-0.05, 0) is 72.1 Å². The van der Waals surface area contributed by atoms with Crippen LogP contribution in [0.25, 0.3) is 11.1 Å². The molecule has 1 unspecified atom stereocenters. The van der Waals surface area contributed by atoms with E-state index in [1.54, 1.807) is 5.56 Å². The fraction of sp³-hybridized carbons (Fsp3) is 0.657. The van der Waals surface area contributed by atoms with Gasteiger partial charge in [0.1, 0.15) is 0 Å². The third-order valence-corrected chi connectivity index (χ3v) is 8.60. The molecular formula is C35H54. The van der Waals surface area contributed by atoms with Crippen LogP contribution in [0.5, 0.6) is 0 Å². The fourth-order valence-electron chi connectivity index (χ4n) is 6.31. The van der Waals surface area contributed by atoms with Crippen molar-refractivity contribution in [2.45, 2.75) is 136 Å². The summed E-state index contributed by atoms with van der Waals surface area (Å²) in [6.07, 6.45) is 24.0. The third kappa shape index (κ3) is 10.1. The first-order valence-electron chi connectivity index (χ1n) is 15.4. The fourth-order valence-corrected chi connectivity index (χ4v) is 6.31. The zero-order valence-corrected chi connectivity index (χ0v) is 23.4. The summed E-state index contributed by atoms with van der Waals surface area (Å²) in [5.74, 6) is 2.56. The van der Waals surface area contributed by atoms with E-state index in [1.165, 1.54) is 126 Å². The van der Waals surface area contributed by atoms with E-state index >= 15 is 0 Å². The number of hydrogen-bond donors (Lipinski definition) is 0. The quantitative estimate of drug-likeness (QED) is 0.212. The van der Waals surface area contributed by atoms with E-state index in [2.05, 4.69) is 69.3 Å². The van der Waals surface area contributed by atoms with Gasteiger partial charge in [0.05, 0.1) is 0 Å². The Morgan fingerprint density at radius 2 is 1.17 bits per heavy atom. The smallest absolute Gasteiger partial charge is 0.0162 e. The molecule has 0 amide bonds. The van der Waals surface area contributed by atoms with Crippen molar-refractivity contribution in [1.29, 1.82) is 0 Å². The molecule has 0 N–H and O–H groups in total. The van der Waals surface area contributed by atoms with Crippen LogP contribution in [0.2, 0.25) is 0 Å². The van der Waals surface area contributed by atoms with E-state index in [0.29, 0.717) is 0 Å². The van der Waals surface area contributed by atoms with Crippen LogP contribution in [0.15, 0.2) is 48.5 Å². The highest BCUT2D eigenvalue weighted by molar-refractivity contribution is 5.64. The first-order valence-corrected chi connectivity index (χ1v) is 15.4. The van der Waals surface area contributed by atoms with Crippen LogP contribution in [0, 0.1) is 11.8 Å². The van der Waals surface area contributed by atoms with Crippen LogP contribution in [0.1, 0.15) is 141 Å². The Morgan fingerprint density at radius 3 is 1.74 bits per heavy atom. The number of benzene rings is 2. The van der Waals surface area contributed by atoms with Crippen LogP contribution >= 0.6 is 0 Å². The van der Waals surface area contributed by atoms with Gasteiger partial charge in [-0.25, -0.2) is 0 Å². The monoisotopic (exact) mass is 474 g/mol. The van der Waals surface area contributed by atoms with E-state index in [4.69, 9.17) is 0 Å². The van der Waals surface area contributed by atoms with Gasteiger partial charge in [-0.3, -0.25) is 0 Å². The summed E-state index contributed by atoms with van der Waals surface area (Å²) in [5.41, 5.74) is 5.76. The lowest BCUT2D eigenvalue weighted by molar-refractivity contribution is 0.302. The van der Waals surface area contributed by atoms with E-state index in [0.717, 1.165) is 17.8 Å². The van der Waals surface area contributed by atoms with Crippen molar-refractivity contribution in [2.24, 2.45) is 11.8 Å². The van der Waals surface area contributed by atoms with Gasteiger partial charge in [0.15, 0.2) is 0 Å².